The molecule has 1 unspecified atom stereocenters. The molecule has 1 N–H and O–H groups in total. The summed E-state index contributed by atoms with van der Waals surface area (Å²) in [5.74, 6) is 0.925. The average molecular weight is 280 g/mol. The van der Waals surface area contributed by atoms with E-state index in [0.29, 0.717) is 0 Å². The van der Waals surface area contributed by atoms with E-state index < -0.39 is 0 Å². The van der Waals surface area contributed by atoms with Crippen LogP contribution in [0.4, 0.5) is 0 Å². The van der Waals surface area contributed by atoms with Gasteiger partial charge in [-0.05, 0) is 50.4 Å². The Balaban J connectivity index is 1.92. The van der Waals surface area contributed by atoms with Crippen molar-refractivity contribution in [1.29, 1.82) is 0 Å². The first kappa shape index (κ1) is 15.0. The van der Waals surface area contributed by atoms with Crippen LogP contribution < -0.4 is 5.32 Å². The molecule has 2 nitrogen and oxygen atoms in total. The maximum Gasteiger partial charge on any atom is 0.0299 e. The van der Waals surface area contributed by atoms with Gasteiger partial charge in [-0.1, -0.05) is 20.3 Å². The Labute approximate surface area is 122 Å². The summed E-state index contributed by atoms with van der Waals surface area (Å²) in [5.41, 5.74) is 1.55. The van der Waals surface area contributed by atoms with Gasteiger partial charge in [-0.25, -0.2) is 0 Å². The fraction of sp³-hybridized carbons (Fsp3) is 0.750. The van der Waals surface area contributed by atoms with E-state index in [1.54, 1.807) is 5.56 Å². The highest BCUT2D eigenvalue weighted by atomic mass is 32.1. The molecule has 0 bridgehead atoms. The molecular weight excluding hydrogens is 252 g/mol. The van der Waals surface area contributed by atoms with E-state index in [9.17, 15) is 0 Å². The normalized spacial score (nSPS) is 20.9. The van der Waals surface area contributed by atoms with Crippen LogP contribution >= 0.6 is 11.3 Å². The highest BCUT2D eigenvalue weighted by Crippen LogP contribution is 2.26. The van der Waals surface area contributed by atoms with Gasteiger partial charge in [0, 0.05) is 29.4 Å². The summed E-state index contributed by atoms with van der Waals surface area (Å²) < 4.78 is 0. The van der Waals surface area contributed by atoms with Crippen molar-refractivity contribution in [3.05, 3.63) is 21.4 Å². The number of aryl methyl sites for hydroxylation is 1. The van der Waals surface area contributed by atoms with Crippen LogP contribution in [0.5, 0.6) is 0 Å². The first-order chi connectivity index (χ1) is 9.22. The molecule has 0 saturated carbocycles. The SMILES string of the molecule is CCNCc1cc(CN2CCCC(CC)C2)c(C)s1. The van der Waals surface area contributed by atoms with Crippen molar-refractivity contribution in [2.75, 3.05) is 19.6 Å². The van der Waals surface area contributed by atoms with Crippen LogP contribution in [-0.2, 0) is 13.1 Å². The minimum Gasteiger partial charge on any atom is -0.312 e. The Morgan fingerprint density at radius 1 is 1.42 bits per heavy atom. The van der Waals surface area contributed by atoms with E-state index in [1.807, 2.05) is 11.3 Å². The first-order valence-electron chi connectivity index (χ1n) is 7.74. The summed E-state index contributed by atoms with van der Waals surface area (Å²) in [6.07, 6.45) is 4.15. The largest absolute Gasteiger partial charge is 0.312 e. The first-order valence-corrected chi connectivity index (χ1v) is 8.55. The van der Waals surface area contributed by atoms with Crippen LogP contribution in [0.1, 0.15) is 48.4 Å². The Kier molecular flexibility index (Phi) is 5.86. The van der Waals surface area contributed by atoms with Gasteiger partial charge >= 0.3 is 0 Å². The molecule has 0 spiro atoms. The van der Waals surface area contributed by atoms with Crippen LogP contribution in [0.25, 0.3) is 0 Å². The minimum atomic E-state index is 0.925. The summed E-state index contributed by atoms with van der Waals surface area (Å²) in [6, 6.07) is 2.41. The molecule has 1 atom stereocenters. The van der Waals surface area contributed by atoms with Gasteiger partial charge in [0.2, 0.25) is 0 Å². The highest BCUT2D eigenvalue weighted by Gasteiger charge is 2.19. The molecule has 3 heteroatoms. The molecule has 1 aromatic heterocycles. The molecule has 0 radical (unpaired) electrons. The third-order valence-corrected chi connectivity index (χ3v) is 5.29. The molecule has 1 aliphatic rings. The Bertz CT molecular complexity index is 386. The highest BCUT2D eigenvalue weighted by molar-refractivity contribution is 7.12. The van der Waals surface area contributed by atoms with Crippen molar-refractivity contribution in [3.63, 3.8) is 0 Å². The van der Waals surface area contributed by atoms with Crippen molar-refractivity contribution in [3.8, 4) is 0 Å². The standard InChI is InChI=1S/C16H28N2S/c1-4-14-7-6-8-18(11-14)12-15-9-16(10-17-5-2)19-13(15)3/h9,14,17H,4-8,10-12H2,1-3H3. The summed E-state index contributed by atoms with van der Waals surface area (Å²) in [6.45, 7) is 12.6. The Morgan fingerprint density at radius 2 is 2.26 bits per heavy atom. The number of nitrogens with one attached hydrogen (secondary N) is 1. The number of rotatable bonds is 6. The third-order valence-electron chi connectivity index (χ3n) is 4.20. The fourth-order valence-corrected chi connectivity index (χ4v) is 3.97. The van der Waals surface area contributed by atoms with Gasteiger partial charge in [-0.3, -0.25) is 4.90 Å². The second-order valence-electron chi connectivity index (χ2n) is 5.73. The lowest BCUT2D eigenvalue weighted by atomic mass is 9.95. The topological polar surface area (TPSA) is 15.3 Å². The molecule has 1 saturated heterocycles. The van der Waals surface area contributed by atoms with Gasteiger partial charge in [0.05, 0.1) is 0 Å². The van der Waals surface area contributed by atoms with Gasteiger partial charge in [0.1, 0.15) is 0 Å². The fourth-order valence-electron chi connectivity index (χ4n) is 2.95. The number of thiophene rings is 1. The lowest BCUT2D eigenvalue weighted by Gasteiger charge is -2.32. The van der Waals surface area contributed by atoms with Gasteiger partial charge in [-0.2, -0.15) is 0 Å². The molecule has 0 aromatic carbocycles. The molecule has 2 heterocycles. The third kappa shape index (κ3) is 4.30. The number of hydrogen-bond acceptors (Lipinski definition) is 3. The summed E-state index contributed by atoms with van der Waals surface area (Å²) >= 11 is 1.96. The number of hydrogen-bond donors (Lipinski definition) is 1. The Hall–Kier alpha value is -0.380. The molecule has 0 amide bonds. The van der Waals surface area contributed by atoms with Crippen molar-refractivity contribution in [2.45, 2.75) is 53.1 Å². The van der Waals surface area contributed by atoms with Crippen LogP contribution in [0.15, 0.2) is 6.07 Å². The maximum absolute atomic E-state index is 3.42. The molecule has 1 aliphatic heterocycles. The molecule has 19 heavy (non-hydrogen) atoms. The number of nitrogens with zero attached hydrogens (tertiary/aromatic N) is 1. The predicted molar refractivity (Wildman–Crippen MR) is 84.7 cm³/mol. The van der Waals surface area contributed by atoms with E-state index in [-0.39, 0.29) is 0 Å². The number of piperidine rings is 1. The van der Waals surface area contributed by atoms with Crippen molar-refractivity contribution in [1.82, 2.24) is 10.2 Å². The minimum absolute atomic E-state index is 0.925. The summed E-state index contributed by atoms with van der Waals surface area (Å²) in [4.78, 5) is 5.65. The van der Waals surface area contributed by atoms with Crippen LogP contribution in [-0.4, -0.2) is 24.5 Å². The van der Waals surface area contributed by atoms with E-state index >= 15 is 0 Å². The van der Waals surface area contributed by atoms with Gasteiger partial charge < -0.3 is 5.32 Å². The Morgan fingerprint density at radius 3 is 3.00 bits per heavy atom. The molecule has 0 aliphatic carbocycles. The monoisotopic (exact) mass is 280 g/mol. The van der Waals surface area contributed by atoms with Crippen LogP contribution in [0.2, 0.25) is 0 Å². The lowest BCUT2D eigenvalue weighted by molar-refractivity contribution is 0.164. The van der Waals surface area contributed by atoms with Crippen molar-refractivity contribution >= 4 is 11.3 Å². The van der Waals surface area contributed by atoms with Crippen molar-refractivity contribution in [2.24, 2.45) is 5.92 Å². The van der Waals surface area contributed by atoms with E-state index in [1.165, 1.54) is 42.1 Å². The lowest BCUT2D eigenvalue weighted by Crippen LogP contribution is -2.34. The molecular formula is C16H28N2S. The summed E-state index contributed by atoms with van der Waals surface area (Å²) in [7, 11) is 0. The predicted octanol–water partition coefficient (Wildman–Crippen LogP) is 3.79. The van der Waals surface area contributed by atoms with Crippen LogP contribution in [0, 0.1) is 12.8 Å². The molecule has 1 aromatic rings. The second-order valence-corrected chi connectivity index (χ2v) is 7.07. The van der Waals surface area contributed by atoms with Crippen LogP contribution in [0.3, 0.4) is 0 Å². The zero-order chi connectivity index (χ0) is 13.7. The molecule has 1 fully saturated rings. The van der Waals surface area contributed by atoms with Gasteiger partial charge in [0.25, 0.3) is 0 Å². The average Bonchev–Trinajstić information content (AvgIpc) is 2.77. The maximum atomic E-state index is 3.42. The smallest absolute Gasteiger partial charge is 0.0299 e. The number of likely N-dealkylation sites (tertiary alicyclic amines) is 1. The van der Waals surface area contributed by atoms with Gasteiger partial charge in [0.15, 0.2) is 0 Å². The quantitative estimate of drug-likeness (QED) is 0.853. The van der Waals surface area contributed by atoms with E-state index in [4.69, 9.17) is 0 Å². The summed E-state index contributed by atoms with van der Waals surface area (Å²) in [5, 5.41) is 3.42. The van der Waals surface area contributed by atoms with E-state index in [2.05, 4.69) is 37.1 Å². The molecule has 2 rings (SSSR count). The zero-order valence-corrected chi connectivity index (χ0v) is 13.5. The van der Waals surface area contributed by atoms with E-state index in [0.717, 1.165) is 25.6 Å². The van der Waals surface area contributed by atoms with Gasteiger partial charge in [-0.15, -0.1) is 11.3 Å². The second kappa shape index (κ2) is 7.41. The molecule has 108 valence electrons. The zero-order valence-electron chi connectivity index (χ0n) is 12.7. The van der Waals surface area contributed by atoms with Crippen molar-refractivity contribution < 1.29 is 0 Å².